The van der Waals surface area contributed by atoms with Crippen LogP contribution in [0.15, 0.2) is 36.4 Å². The third kappa shape index (κ3) is 2.86. The number of aromatic nitrogens is 1. The fraction of sp³-hybridized carbons (Fsp3) is 0.214. The lowest BCUT2D eigenvalue weighted by atomic mass is 10.2. The average molecular weight is 288 g/mol. The van der Waals surface area contributed by atoms with Gasteiger partial charge in [-0.3, -0.25) is 10.1 Å². The van der Waals surface area contributed by atoms with Crippen LogP contribution in [0.5, 0.6) is 5.75 Å². The number of hydrogen-bond acceptors (Lipinski definition) is 6. The predicted octanol–water partition coefficient (Wildman–Crippen LogP) is 2.81. The molecule has 0 fully saturated rings. The Morgan fingerprint density at radius 1 is 1.29 bits per heavy atom. The minimum atomic E-state index is -0.451. The molecule has 0 saturated heterocycles. The number of pyridine rings is 1. The van der Waals surface area contributed by atoms with Gasteiger partial charge in [-0.2, -0.15) is 0 Å². The first-order chi connectivity index (χ1) is 10.1. The summed E-state index contributed by atoms with van der Waals surface area (Å²) in [5, 5.41) is 14.1. The summed E-state index contributed by atoms with van der Waals surface area (Å²) in [6, 6.07) is 10.3. The topological polar surface area (TPSA) is 80.5 Å². The molecule has 1 heterocycles. The quantitative estimate of drug-likeness (QED) is 0.673. The van der Waals surface area contributed by atoms with Gasteiger partial charge in [0.1, 0.15) is 11.6 Å². The number of rotatable bonds is 5. The van der Waals surface area contributed by atoms with E-state index < -0.39 is 4.92 Å². The largest absolute Gasteiger partial charge is 0.495 e. The standard InChI is InChI=1S/C14H16N4O3/c1-15-13-9-8-11(18(19)20)14(16-13)17(2)10-6-4-5-7-12(10)21-3/h4-9H,1-3H3,(H,15,16). The summed E-state index contributed by atoms with van der Waals surface area (Å²) in [7, 11) is 4.98. The second-order valence-electron chi connectivity index (χ2n) is 4.28. The predicted molar refractivity (Wildman–Crippen MR) is 81.5 cm³/mol. The fourth-order valence-electron chi connectivity index (χ4n) is 1.99. The highest BCUT2D eigenvalue weighted by atomic mass is 16.6. The molecule has 2 rings (SSSR count). The van der Waals surface area contributed by atoms with Gasteiger partial charge in [0.05, 0.1) is 17.7 Å². The number of nitrogens with one attached hydrogen (secondary N) is 1. The summed E-state index contributed by atoms with van der Waals surface area (Å²) in [5.41, 5.74) is 0.631. The summed E-state index contributed by atoms with van der Waals surface area (Å²) in [4.78, 5) is 16.7. The van der Waals surface area contributed by atoms with Gasteiger partial charge in [0.2, 0.25) is 5.82 Å². The lowest BCUT2D eigenvalue weighted by Gasteiger charge is -2.21. The molecule has 1 N–H and O–H groups in total. The molecule has 0 saturated carbocycles. The van der Waals surface area contributed by atoms with Gasteiger partial charge < -0.3 is 15.0 Å². The van der Waals surface area contributed by atoms with Crippen molar-refractivity contribution >= 4 is 23.0 Å². The molecule has 0 bridgehead atoms. The average Bonchev–Trinajstić information content (AvgIpc) is 2.53. The maximum atomic E-state index is 11.2. The van der Waals surface area contributed by atoms with Gasteiger partial charge in [0.25, 0.3) is 0 Å². The number of ether oxygens (including phenoxy) is 1. The zero-order chi connectivity index (χ0) is 15.4. The second kappa shape index (κ2) is 6.08. The molecule has 0 unspecified atom stereocenters. The van der Waals surface area contributed by atoms with Gasteiger partial charge in [0.15, 0.2) is 0 Å². The number of benzene rings is 1. The lowest BCUT2D eigenvalue weighted by molar-refractivity contribution is -0.384. The van der Waals surface area contributed by atoms with E-state index in [1.54, 1.807) is 38.2 Å². The number of para-hydroxylation sites is 2. The van der Waals surface area contributed by atoms with Crippen molar-refractivity contribution in [3.63, 3.8) is 0 Å². The number of methoxy groups -OCH3 is 1. The molecular formula is C14H16N4O3. The van der Waals surface area contributed by atoms with E-state index in [-0.39, 0.29) is 11.5 Å². The van der Waals surface area contributed by atoms with E-state index in [0.717, 1.165) is 0 Å². The smallest absolute Gasteiger partial charge is 0.312 e. The van der Waals surface area contributed by atoms with Crippen molar-refractivity contribution in [3.05, 3.63) is 46.5 Å². The van der Waals surface area contributed by atoms with Crippen LogP contribution >= 0.6 is 0 Å². The molecule has 1 aromatic carbocycles. The number of anilines is 3. The summed E-state index contributed by atoms with van der Waals surface area (Å²) in [6.45, 7) is 0. The molecule has 0 aliphatic rings. The monoisotopic (exact) mass is 288 g/mol. The van der Waals surface area contributed by atoms with Gasteiger partial charge in [-0.25, -0.2) is 4.98 Å². The molecule has 110 valence electrons. The van der Waals surface area contributed by atoms with Gasteiger partial charge in [-0.05, 0) is 18.2 Å². The molecule has 21 heavy (non-hydrogen) atoms. The molecule has 0 atom stereocenters. The zero-order valence-corrected chi connectivity index (χ0v) is 12.0. The summed E-state index contributed by atoms with van der Waals surface area (Å²) >= 11 is 0. The highest BCUT2D eigenvalue weighted by molar-refractivity contribution is 5.73. The molecule has 7 heteroatoms. The van der Waals surface area contributed by atoms with E-state index in [1.807, 2.05) is 18.2 Å². The Morgan fingerprint density at radius 2 is 2.00 bits per heavy atom. The Morgan fingerprint density at radius 3 is 2.62 bits per heavy atom. The van der Waals surface area contributed by atoms with Crippen LogP contribution in [0.4, 0.5) is 23.0 Å². The molecule has 2 aromatic rings. The van der Waals surface area contributed by atoms with E-state index in [1.165, 1.54) is 6.07 Å². The van der Waals surface area contributed by atoms with E-state index in [2.05, 4.69) is 10.3 Å². The van der Waals surface area contributed by atoms with Crippen molar-refractivity contribution in [1.82, 2.24) is 4.98 Å². The van der Waals surface area contributed by atoms with Crippen LogP contribution in [-0.2, 0) is 0 Å². The second-order valence-corrected chi connectivity index (χ2v) is 4.28. The highest BCUT2D eigenvalue weighted by Crippen LogP contribution is 2.36. The van der Waals surface area contributed by atoms with Crippen LogP contribution in [0, 0.1) is 10.1 Å². The van der Waals surface area contributed by atoms with Crippen LogP contribution in [-0.4, -0.2) is 31.1 Å². The minimum absolute atomic E-state index is 0.0672. The van der Waals surface area contributed by atoms with E-state index in [0.29, 0.717) is 17.3 Å². The molecule has 0 spiro atoms. The van der Waals surface area contributed by atoms with E-state index >= 15 is 0 Å². The Labute approximate surface area is 122 Å². The minimum Gasteiger partial charge on any atom is -0.495 e. The third-order valence-electron chi connectivity index (χ3n) is 3.07. The van der Waals surface area contributed by atoms with Crippen molar-refractivity contribution in [3.8, 4) is 5.75 Å². The van der Waals surface area contributed by atoms with Crippen LogP contribution in [0.2, 0.25) is 0 Å². The van der Waals surface area contributed by atoms with E-state index in [9.17, 15) is 10.1 Å². The Balaban J connectivity index is 2.56. The van der Waals surface area contributed by atoms with Gasteiger partial charge in [0, 0.05) is 20.2 Å². The first-order valence-electron chi connectivity index (χ1n) is 6.28. The molecule has 0 radical (unpaired) electrons. The molecule has 0 aliphatic carbocycles. The Kier molecular flexibility index (Phi) is 4.22. The number of nitro groups is 1. The van der Waals surface area contributed by atoms with Crippen molar-refractivity contribution in [2.75, 3.05) is 31.4 Å². The van der Waals surface area contributed by atoms with Crippen molar-refractivity contribution in [2.45, 2.75) is 0 Å². The Hall–Kier alpha value is -2.83. The highest BCUT2D eigenvalue weighted by Gasteiger charge is 2.22. The molecular weight excluding hydrogens is 272 g/mol. The third-order valence-corrected chi connectivity index (χ3v) is 3.07. The SMILES string of the molecule is CNc1ccc([N+](=O)[O-])c(N(C)c2ccccc2OC)n1. The van der Waals surface area contributed by atoms with Crippen LogP contribution in [0.1, 0.15) is 0 Å². The van der Waals surface area contributed by atoms with E-state index in [4.69, 9.17) is 4.74 Å². The van der Waals surface area contributed by atoms with Crippen LogP contribution in [0.3, 0.4) is 0 Å². The number of hydrogen-bond donors (Lipinski definition) is 1. The first-order valence-corrected chi connectivity index (χ1v) is 6.28. The molecule has 1 aromatic heterocycles. The van der Waals surface area contributed by atoms with Gasteiger partial charge in [-0.15, -0.1) is 0 Å². The van der Waals surface area contributed by atoms with Crippen LogP contribution < -0.4 is 15.0 Å². The van der Waals surface area contributed by atoms with Crippen LogP contribution in [0.25, 0.3) is 0 Å². The first kappa shape index (κ1) is 14.6. The molecule has 7 nitrogen and oxygen atoms in total. The normalized spacial score (nSPS) is 10.0. The zero-order valence-electron chi connectivity index (χ0n) is 12.0. The number of nitrogens with zero attached hydrogens (tertiary/aromatic N) is 3. The van der Waals surface area contributed by atoms with Crippen molar-refractivity contribution < 1.29 is 9.66 Å². The molecule has 0 aliphatic heterocycles. The molecule has 0 amide bonds. The van der Waals surface area contributed by atoms with Gasteiger partial charge >= 0.3 is 5.69 Å². The summed E-state index contributed by atoms with van der Waals surface area (Å²) in [6.07, 6.45) is 0. The maximum Gasteiger partial charge on any atom is 0.312 e. The van der Waals surface area contributed by atoms with Crippen molar-refractivity contribution in [2.24, 2.45) is 0 Å². The Bertz CT molecular complexity index is 660. The summed E-state index contributed by atoms with van der Waals surface area (Å²) in [5.74, 6) is 1.42. The lowest BCUT2D eigenvalue weighted by Crippen LogP contribution is -2.15. The fourth-order valence-corrected chi connectivity index (χ4v) is 1.99. The van der Waals surface area contributed by atoms with Crippen molar-refractivity contribution in [1.29, 1.82) is 0 Å². The maximum absolute atomic E-state index is 11.2. The van der Waals surface area contributed by atoms with Gasteiger partial charge in [-0.1, -0.05) is 12.1 Å². The summed E-state index contributed by atoms with van der Waals surface area (Å²) < 4.78 is 5.29.